The molecular formula is C14H23Cl2N3O3S2. The Balaban J connectivity index is 0.00000288. The van der Waals surface area contributed by atoms with Crippen LogP contribution in [0.25, 0.3) is 0 Å². The highest BCUT2D eigenvalue weighted by Crippen LogP contribution is 2.28. The number of amides is 1. The Hall–Kier alpha value is -0.380. The van der Waals surface area contributed by atoms with E-state index in [2.05, 4.69) is 0 Å². The number of nitrogens with two attached hydrogens (primary N) is 1. The number of carbonyl (C=O) groups excluding carboxylic acids is 1. The third-order valence-corrected chi connectivity index (χ3v) is 7.42. The smallest absolute Gasteiger partial charge is 0.252 e. The molecule has 1 aliphatic heterocycles. The Kier molecular flexibility index (Phi) is 8.44. The van der Waals surface area contributed by atoms with E-state index in [0.29, 0.717) is 36.8 Å². The van der Waals surface area contributed by atoms with Gasteiger partial charge in [0.15, 0.2) is 0 Å². The molecule has 0 radical (unpaired) electrons. The monoisotopic (exact) mass is 415 g/mol. The molecule has 1 aromatic heterocycles. The molecule has 10 heteroatoms. The maximum absolute atomic E-state index is 12.6. The fourth-order valence-corrected chi connectivity index (χ4v) is 5.69. The lowest BCUT2D eigenvalue weighted by Crippen LogP contribution is -2.45. The first-order valence-corrected chi connectivity index (χ1v) is 10.3. The summed E-state index contributed by atoms with van der Waals surface area (Å²) < 4.78 is 27.3. The van der Waals surface area contributed by atoms with Crippen molar-refractivity contribution in [2.45, 2.75) is 36.4 Å². The minimum absolute atomic E-state index is 0. The molecule has 1 fully saturated rings. The van der Waals surface area contributed by atoms with Gasteiger partial charge >= 0.3 is 0 Å². The summed E-state index contributed by atoms with van der Waals surface area (Å²) >= 11 is 6.88. The molecule has 1 atom stereocenters. The van der Waals surface area contributed by atoms with Gasteiger partial charge in [0.05, 0.1) is 10.4 Å². The van der Waals surface area contributed by atoms with Crippen LogP contribution in [0.3, 0.4) is 0 Å². The fraction of sp³-hybridized carbons (Fsp3) is 0.643. The summed E-state index contributed by atoms with van der Waals surface area (Å²) in [4.78, 5) is 14.0. The maximum atomic E-state index is 12.6. The van der Waals surface area contributed by atoms with Crippen LogP contribution in [0.1, 0.15) is 26.2 Å². The number of nitrogens with zero attached hydrogens (tertiary/aromatic N) is 2. The Labute approximate surface area is 158 Å². The number of thiophene rings is 1. The normalized spacial score (nSPS) is 17.9. The van der Waals surface area contributed by atoms with E-state index in [-0.39, 0.29) is 29.1 Å². The van der Waals surface area contributed by atoms with Gasteiger partial charge in [-0.05, 0) is 25.0 Å². The SMILES string of the molecule is CCCC(N)C(=O)N1CCCN(S(=O)(=O)c2ccc(Cl)s2)CC1.Cl. The number of rotatable bonds is 5. The topological polar surface area (TPSA) is 83.7 Å². The van der Waals surface area contributed by atoms with Crippen LogP contribution >= 0.6 is 35.3 Å². The van der Waals surface area contributed by atoms with Crippen molar-refractivity contribution in [3.63, 3.8) is 0 Å². The molecule has 6 nitrogen and oxygen atoms in total. The van der Waals surface area contributed by atoms with Crippen molar-refractivity contribution < 1.29 is 13.2 Å². The summed E-state index contributed by atoms with van der Waals surface area (Å²) in [7, 11) is -3.55. The molecule has 138 valence electrons. The Bertz CT molecular complexity index is 651. The van der Waals surface area contributed by atoms with Crippen LogP contribution in [0.5, 0.6) is 0 Å². The zero-order valence-corrected chi connectivity index (χ0v) is 16.7. The van der Waals surface area contributed by atoms with Crippen molar-refractivity contribution in [3.8, 4) is 0 Å². The second kappa shape index (κ2) is 9.35. The van der Waals surface area contributed by atoms with E-state index in [9.17, 15) is 13.2 Å². The minimum atomic E-state index is -3.55. The molecule has 1 amide bonds. The molecule has 0 bridgehead atoms. The van der Waals surface area contributed by atoms with E-state index in [4.69, 9.17) is 17.3 Å². The first-order chi connectivity index (χ1) is 10.9. The molecule has 2 rings (SSSR count). The number of hydrogen-bond acceptors (Lipinski definition) is 5. The fourth-order valence-electron chi connectivity index (χ4n) is 2.59. The molecule has 24 heavy (non-hydrogen) atoms. The molecule has 1 saturated heterocycles. The van der Waals surface area contributed by atoms with Gasteiger partial charge in [-0.2, -0.15) is 4.31 Å². The molecule has 0 aromatic carbocycles. The van der Waals surface area contributed by atoms with E-state index in [1.807, 2.05) is 6.92 Å². The highest BCUT2D eigenvalue weighted by Gasteiger charge is 2.30. The molecule has 1 aliphatic rings. The van der Waals surface area contributed by atoms with E-state index >= 15 is 0 Å². The number of hydrogen-bond donors (Lipinski definition) is 1. The predicted octanol–water partition coefficient (Wildman–Crippen LogP) is 2.17. The lowest BCUT2D eigenvalue weighted by Gasteiger charge is -2.24. The Morgan fingerprint density at radius 1 is 1.33 bits per heavy atom. The summed E-state index contributed by atoms with van der Waals surface area (Å²) in [6, 6.07) is 2.60. The molecule has 2 heterocycles. The van der Waals surface area contributed by atoms with Crippen LogP contribution in [0, 0.1) is 0 Å². The van der Waals surface area contributed by atoms with Crippen LogP contribution in [0.4, 0.5) is 0 Å². The van der Waals surface area contributed by atoms with Gasteiger partial charge < -0.3 is 10.6 Å². The van der Waals surface area contributed by atoms with Gasteiger partial charge in [0.1, 0.15) is 4.21 Å². The van der Waals surface area contributed by atoms with Crippen molar-refractivity contribution in [2.24, 2.45) is 5.73 Å². The molecule has 0 spiro atoms. The van der Waals surface area contributed by atoms with Crippen molar-refractivity contribution in [1.82, 2.24) is 9.21 Å². The average molecular weight is 416 g/mol. The van der Waals surface area contributed by atoms with Gasteiger partial charge in [-0.3, -0.25) is 4.79 Å². The lowest BCUT2D eigenvalue weighted by molar-refractivity contribution is -0.132. The van der Waals surface area contributed by atoms with Gasteiger partial charge in [0.2, 0.25) is 5.91 Å². The average Bonchev–Trinajstić information content (AvgIpc) is 2.81. The van der Waals surface area contributed by atoms with Crippen LogP contribution < -0.4 is 5.73 Å². The molecule has 1 aromatic rings. The summed E-state index contributed by atoms with van der Waals surface area (Å²) in [5.41, 5.74) is 5.89. The zero-order valence-electron chi connectivity index (χ0n) is 13.5. The molecule has 2 N–H and O–H groups in total. The van der Waals surface area contributed by atoms with Crippen LogP contribution in [-0.4, -0.2) is 55.8 Å². The first kappa shape index (κ1) is 21.7. The predicted molar refractivity (Wildman–Crippen MR) is 99.4 cm³/mol. The van der Waals surface area contributed by atoms with E-state index in [0.717, 1.165) is 17.8 Å². The third kappa shape index (κ3) is 5.06. The van der Waals surface area contributed by atoms with E-state index < -0.39 is 16.1 Å². The van der Waals surface area contributed by atoms with Crippen LogP contribution in [-0.2, 0) is 14.8 Å². The zero-order chi connectivity index (χ0) is 17.0. The molecule has 1 unspecified atom stereocenters. The van der Waals surface area contributed by atoms with Crippen LogP contribution in [0.2, 0.25) is 4.34 Å². The summed E-state index contributed by atoms with van der Waals surface area (Å²) in [5.74, 6) is -0.0923. The van der Waals surface area contributed by atoms with E-state index in [1.54, 1.807) is 11.0 Å². The largest absolute Gasteiger partial charge is 0.340 e. The lowest BCUT2D eigenvalue weighted by atomic mass is 10.1. The van der Waals surface area contributed by atoms with Gasteiger partial charge in [-0.25, -0.2) is 8.42 Å². The van der Waals surface area contributed by atoms with Crippen molar-refractivity contribution in [1.29, 1.82) is 0 Å². The van der Waals surface area contributed by atoms with Crippen molar-refractivity contribution >= 4 is 51.3 Å². The van der Waals surface area contributed by atoms with Crippen molar-refractivity contribution in [2.75, 3.05) is 26.2 Å². The number of halogens is 2. The number of carbonyl (C=O) groups is 1. The first-order valence-electron chi connectivity index (χ1n) is 7.66. The van der Waals surface area contributed by atoms with Crippen molar-refractivity contribution in [3.05, 3.63) is 16.5 Å². The quantitative estimate of drug-likeness (QED) is 0.798. The maximum Gasteiger partial charge on any atom is 0.252 e. The van der Waals surface area contributed by atoms with Gasteiger partial charge in [-0.1, -0.05) is 24.9 Å². The van der Waals surface area contributed by atoms with Gasteiger partial charge in [-0.15, -0.1) is 23.7 Å². The molecule has 0 saturated carbocycles. The standard InChI is InChI=1S/C14H22ClN3O3S2.ClH/c1-2-4-11(16)14(19)17-7-3-8-18(10-9-17)23(20,21)13-6-5-12(15)22-13;/h5-6,11H,2-4,7-10,16H2,1H3;1H. The highest BCUT2D eigenvalue weighted by atomic mass is 35.5. The third-order valence-electron chi connectivity index (χ3n) is 3.83. The Morgan fingerprint density at radius 3 is 2.62 bits per heavy atom. The summed E-state index contributed by atoms with van der Waals surface area (Å²) in [5, 5.41) is 0. The molecular weight excluding hydrogens is 393 g/mol. The minimum Gasteiger partial charge on any atom is -0.340 e. The van der Waals surface area contributed by atoms with Gasteiger partial charge in [0.25, 0.3) is 10.0 Å². The highest BCUT2D eigenvalue weighted by molar-refractivity contribution is 7.91. The Morgan fingerprint density at radius 2 is 2.04 bits per heavy atom. The summed E-state index contributed by atoms with van der Waals surface area (Å²) in [6.07, 6.45) is 2.09. The van der Waals surface area contributed by atoms with E-state index in [1.165, 1.54) is 10.4 Å². The second-order valence-corrected chi connectivity index (χ2v) is 9.42. The number of sulfonamides is 1. The summed E-state index contributed by atoms with van der Waals surface area (Å²) in [6.45, 7) is 3.56. The second-order valence-electron chi connectivity index (χ2n) is 5.54. The van der Waals surface area contributed by atoms with Gasteiger partial charge in [0, 0.05) is 26.2 Å². The van der Waals surface area contributed by atoms with Crippen LogP contribution in [0.15, 0.2) is 16.3 Å². The molecule has 0 aliphatic carbocycles.